The molecule has 0 unspecified atom stereocenters. The first kappa shape index (κ1) is 17.7. The number of hydrazone groups is 1. The molecule has 0 saturated carbocycles. The monoisotopic (exact) mass is 328 g/mol. The van der Waals surface area contributed by atoms with Crippen LogP contribution in [0.3, 0.4) is 0 Å². The molecule has 0 saturated heterocycles. The number of ether oxygens (including phenoxy) is 1. The van der Waals surface area contributed by atoms with Gasteiger partial charge >= 0.3 is 0 Å². The van der Waals surface area contributed by atoms with Crippen molar-refractivity contribution in [2.75, 3.05) is 6.61 Å². The summed E-state index contributed by atoms with van der Waals surface area (Å²) in [6, 6.07) is 13.6. The van der Waals surface area contributed by atoms with Crippen LogP contribution in [0.25, 0.3) is 0 Å². The van der Waals surface area contributed by atoms with E-state index in [0.29, 0.717) is 11.3 Å². The zero-order valence-corrected chi connectivity index (χ0v) is 14.0. The van der Waals surface area contributed by atoms with Crippen LogP contribution in [0.1, 0.15) is 31.9 Å². The second-order valence-corrected chi connectivity index (χ2v) is 6.41. The molecule has 5 heteroatoms. The first-order valence-electron chi connectivity index (χ1n) is 7.65. The quantitative estimate of drug-likeness (QED) is 0.673. The van der Waals surface area contributed by atoms with Crippen LogP contribution in [-0.4, -0.2) is 18.7 Å². The summed E-state index contributed by atoms with van der Waals surface area (Å²) in [6.07, 6.45) is 1.37. The third-order valence-corrected chi connectivity index (χ3v) is 3.34. The van der Waals surface area contributed by atoms with E-state index in [1.807, 2.05) is 24.3 Å². The summed E-state index contributed by atoms with van der Waals surface area (Å²) in [4.78, 5) is 11.7. The predicted octanol–water partition coefficient (Wildman–Crippen LogP) is 3.65. The Balaban J connectivity index is 1.81. The van der Waals surface area contributed by atoms with Crippen molar-refractivity contribution in [2.45, 2.75) is 26.2 Å². The lowest BCUT2D eigenvalue weighted by Gasteiger charge is -2.19. The lowest BCUT2D eigenvalue weighted by Crippen LogP contribution is -2.24. The van der Waals surface area contributed by atoms with Crippen LogP contribution in [0.15, 0.2) is 53.6 Å². The SMILES string of the molecule is CC(C)(C)c1ccc(OCC(=O)N/N=C\c2cccc(F)c2)cc1. The van der Waals surface area contributed by atoms with Crippen molar-refractivity contribution in [3.63, 3.8) is 0 Å². The predicted molar refractivity (Wildman–Crippen MR) is 92.8 cm³/mol. The third kappa shape index (κ3) is 5.50. The molecule has 126 valence electrons. The van der Waals surface area contributed by atoms with Gasteiger partial charge < -0.3 is 4.74 Å². The normalized spacial score (nSPS) is 11.5. The topological polar surface area (TPSA) is 50.7 Å². The highest BCUT2D eigenvalue weighted by atomic mass is 19.1. The number of rotatable bonds is 5. The van der Waals surface area contributed by atoms with Crippen LogP contribution in [0.4, 0.5) is 4.39 Å². The molecule has 1 amide bonds. The van der Waals surface area contributed by atoms with E-state index in [-0.39, 0.29) is 23.7 Å². The zero-order valence-electron chi connectivity index (χ0n) is 14.0. The van der Waals surface area contributed by atoms with Crippen molar-refractivity contribution < 1.29 is 13.9 Å². The fraction of sp³-hybridized carbons (Fsp3) is 0.263. The molecule has 2 aromatic rings. The fourth-order valence-electron chi connectivity index (χ4n) is 2.00. The molecule has 0 aromatic heterocycles. The van der Waals surface area contributed by atoms with Gasteiger partial charge in [-0.2, -0.15) is 5.10 Å². The van der Waals surface area contributed by atoms with Gasteiger partial charge in [0.15, 0.2) is 6.61 Å². The van der Waals surface area contributed by atoms with Crippen LogP contribution in [-0.2, 0) is 10.2 Å². The molecule has 2 aromatic carbocycles. The van der Waals surface area contributed by atoms with E-state index in [9.17, 15) is 9.18 Å². The minimum atomic E-state index is -0.387. The first-order valence-corrected chi connectivity index (χ1v) is 7.65. The molecule has 4 nitrogen and oxygen atoms in total. The summed E-state index contributed by atoms with van der Waals surface area (Å²) < 4.78 is 18.4. The van der Waals surface area contributed by atoms with Crippen LogP contribution in [0.5, 0.6) is 5.75 Å². The Morgan fingerprint density at radius 2 is 1.92 bits per heavy atom. The Kier molecular flexibility index (Phi) is 5.68. The van der Waals surface area contributed by atoms with Crippen molar-refractivity contribution in [3.8, 4) is 5.75 Å². The van der Waals surface area contributed by atoms with Crippen LogP contribution in [0.2, 0.25) is 0 Å². The highest BCUT2D eigenvalue weighted by Gasteiger charge is 2.13. The number of amides is 1. The van der Waals surface area contributed by atoms with Crippen molar-refractivity contribution in [2.24, 2.45) is 5.10 Å². The van der Waals surface area contributed by atoms with Gasteiger partial charge in [0.05, 0.1) is 6.21 Å². The number of carbonyl (C=O) groups is 1. The van der Waals surface area contributed by atoms with Gasteiger partial charge in [-0.3, -0.25) is 4.79 Å². The number of hydrogen-bond donors (Lipinski definition) is 1. The van der Waals surface area contributed by atoms with Crippen LogP contribution in [0, 0.1) is 5.82 Å². The largest absolute Gasteiger partial charge is 0.484 e. The standard InChI is InChI=1S/C19H21FN2O2/c1-19(2,3)15-7-9-17(10-8-15)24-13-18(23)22-21-12-14-5-4-6-16(20)11-14/h4-12H,13H2,1-3H3,(H,22,23)/b21-12-. The summed E-state index contributed by atoms with van der Waals surface area (Å²) in [7, 11) is 0. The molecule has 2 rings (SSSR count). The minimum absolute atomic E-state index is 0.0710. The van der Waals surface area contributed by atoms with E-state index >= 15 is 0 Å². The Labute approximate surface area is 141 Å². The molecule has 0 fully saturated rings. The van der Waals surface area contributed by atoms with Crippen LogP contribution >= 0.6 is 0 Å². The summed E-state index contributed by atoms with van der Waals surface area (Å²) in [5.74, 6) is -0.123. The molecule has 0 aliphatic rings. The Bertz CT molecular complexity index is 719. The van der Waals surface area contributed by atoms with Gasteiger partial charge in [0.25, 0.3) is 5.91 Å². The summed E-state index contributed by atoms with van der Waals surface area (Å²) in [5.41, 5.74) is 4.17. The molecule has 0 aliphatic carbocycles. The lowest BCUT2D eigenvalue weighted by molar-refractivity contribution is -0.123. The Morgan fingerprint density at radius 3 is 2.54 bits per heavy atom. The van der Waals surface area contributed by atoms with E-state index in [2.05, 4.69) is 31.3 Å². The zero-order chi connectivity index (χ0) is 17.6. The van der Waals surface area contributed by atoms with E-state index < -0.39 is 0 Å². The highest BCUT2D eigenvalue weighted by Crippen LogP contribution is 2.24. The number of hydrogen-bond acceptors (Lipinski definition) is 3. The molecule has 0 atom stereocenters. The molecule has 0 spiro atoms. The number of benzene rings is 2. The van der Waals surface area contributed by atoms with E-state index in [1.165, 1.54) is 23.9 Å². The fourth-order valence-corrected chi connectivity index (χ4v) is 2.00. The highest BCUT2D eigenvalue weighted by molar-refractivity contribution is 5.82. The van der Waals surface area contributed by atoms with Crippen molar-refractivity contribution in [3.05, 3.63) is 65.5 Å². The minimum Gasteiger partial charge on any atom is -0.484 e. The third-order valence-electron chi connectivity index (χ3n) is 3.34. The lowest BCUT2D eigenvalue weighted by atomic mass is 9.87. The molecule has 24 heavy (non-hydrogen) atoms. The van der Waals surface area contributed by atoms with Crippen molar-refractivity contribution in [1.82, 2.24) is 5.43 Å². The van der Waals surface area contributed by atoms with Crippen LogP contribution < -0.4 is 10.2 Å². The smallest absolute Gasteiger partial charge is 0.277 e. The number of carbonyl (C=O) groups excluding carboxylic acids is 1. The molecular weight excluding hydrogens is 307 g/mol. The summed E-state index contributed by atoms with van der Waals surface area (Å²) >= 11 is 0. The van der Waals surface area contributed by atoms with Gasteiger partial charge in [-0.25, -0.2) is 9.82 Å². The Hall–Kier alpha value is -2.69. The number of nitrogens with one attached hydrogen (secondary N) is 1. The van der Waals surface area contributed by atoms with Gasteiger partial charge in [-0.1, -0.05) is 45.0 Å². The van der Waals surface area contributed by atoms with Crippen molar-refractivity contribution in [1.29, 1.82) is 0 Å². The van der Waals surface area contributed by atoms with Crippen molar-refractivity contribution >= 4 is 12.1 Å². The maximum Gasteiger partial charge on any atom is 0.277 e. The maximum atomic E-state index is 13.0. The Morgan fingerprint density at radius 1 is 1.21 bits per heavy atom. The maximum absolute atomic E-state index is 13.0. The van der Waals surface area contributed by atoms with Gasteiger partial charge in [0.2, 0.25) is 0 Å². The summed E-state index contributed by atoms with van der Waals surface area (Å²) in [6.45, 7) is 6.25. The molecule has 0 bridgehead atoms. The van der Waals surface area contributed by atoms with Gasteiger partial charge in [-0.05, 0) is 40.8 Å². The average Bonchev–Trinajstić information content (AvgIpc) is 2.52. The second kappa shape index (κ2) is 7.73. The number of nitrogens with zero attached hydrogens (tertiary/aromatic N) is 1. The summed E-state index contributed by atoms with van der Waals surface area (Å²) in [5, 5.41) is 3.77. The number of halogens is 1. The molecule has 0 radical (unpaired) electrons. The molecule has 0 heterocycles. The second-order valence-electron chi connectivity index (χ2n) is 6.41. The molecular formula is C19H21FN2O2. The van der Waals surface area contributed by atoms with E-state index in [4.69, 9.17) is 4.74 Å². The van der Waals surface area contributed by atoms with E-state index in [0.717, 1.165) is 0 Å². The first-order chi connectivity index (χ1) is 11.3. The van der Waals surface area contributed by atoms with Gasteiger partial charge in [-0.15, -0.1) is 0 Å². The van der Waals surface area contributed by atoms with Gasteiger partial charge in [0.1, 0.15) is 11.6 Å². The molecule has 0 aliphatic heterocycles. The van der Waals surface area contributed by atoms with E-state index in [1.54, 1.807) is 12.1 Å². The average molecular weight is 328 g/mol. The van der Waals surface area contributed by atoms with Gasteiger partial charge in [0, 0.05) is 0 Å². The molecule has 1 N–H and O–H groups in total.